The number of primary amides is 1. The molecule has 4 N–H and O–H groups in total. The molecule has 0 spiro atoms. The van der Waals surface area contributed by atoms with Crippen LogP contribution in [0.25, 0.3) is 0 Å². The van der Waals surface area contributed by atoms with Gasteiger partial charge in [0.25, 0.3) is 0 Å². The Morgan fingerprint density at radius 1 is 1.38 bits per heavy atom. The lowest BCUT2D eigenvalue weighted by molar-refractivity contribution is -0.117. The Labute approximate surface area is 92.8 Å². The lowest BCUT2D eigenvalue weighted by Crippen LogP contribution is -2.36. The molecule has 0 aromatic heterocycles. The Morgan fingerprint density at radius 3 is 2.69 bits per heavy atom. The summed E-state index contributed by atoms with van der Waals surface area (Å²) in [6.07, 6.45) is 0. The maximum absolute atomic E-state index is 11.3. The highest BCUT2D eigenvalue weighted by Crippen LogP contribution is 2.22. The number of amides is 3. The highest BCUT2D eigenvalue weighted by Gasteiger charge is 2.06. The van der Waals surface area contributed by atoms with Crippen LogP contribution in [0.5, 0.6) is 5.75 Å². The van der Waals surface area contributed by atoms with Crippen molar-refractivity contribution in [2.24, 2.45) is 5.73 Å². The number of nitrogens with two attached hydrogens (primary N) is 1. The predicted octanol–water partition coefficient (Wildman–Crippen LogP) is 0.302. The van der Waals surface area contributed by atoms with E-state index in [2.05, 4.69) is 10.6 Å². The molecule has 0 aliphatic rings. The van der Waals surface area contributed by atoms with E-state index in [-0.39, 0.29) is 6.54 Å². The number of ether oxygens (including phenoxy) is 1. The summed E-state index contributed by atoms with van der Waals surface area (Å²) in [5, 5.41) is 4.84. The molecule has 6 nitrogen and oxygen atoms in total. The van der Waals surface area contributed by atoms with Gasteiger partial charge in [0, 0.05) is 0 Å². The second-order valence-electron chi connectivity index (χ2n) is 2.97. The lowest BCUT2D eigenvalue weighted by Gasteiger charge is -2.09. The summed E-state index contributed by atoms with van der Waals surface area (Å²) < 4.78 is 5.04. The molecule has 0 aliphatic heterocycles. The minimum atomic E-state index is -0.602. The smallest absolute Gasteiger partial charge is 0.319 e. The van der Waals surface area contributed by atoms with E-state index in [0.717, 1.165) is 0 Å². The number of carbonyl (C=O) groups is 2. The van der Waals surface area contributed by atoms with Gasteiger partial charge in [-0.2, -0.15) is 0 Å². The molecule has 6 heteroatoms. The number of rotatable bonds is 4. The Kier molecular flexibility index (Phi) is 4.14. The van der Waals surface area contributed by atoms with Gasteiger partial charge in [-0.1, -0.05) is 12.1 Å². The zero-order valence-electron chi connectivity index (χ0n) is 8.82. The van der Waals surface area contributed by atoms with Crippen LogP contribution < -0.4 is 21.1 Å². The number of carbonyl (C=O) groups excluding carboxylic acids is 2. The molecule has 16 heavy (non-hydrogen) atoms. The van der Waals surface area contributed by atoms with Gasteiger partial charge in [0.05, 0.1) is 19.3 Å². The Hall–Kier alpha value is -2.24. The molecule has 0 unspecified atom stereocenters. The van der Waals surface area contributed by atoms with Gasteiger partial charge in [0.15, 0.2) is 0 Å². The van der Waals surface area contributed by atoms with Crippen molar-refractivity contribution in [1.29, 1.82) is 0 Å². The molecular weight excluding hydrogens is 210 g/mol. The molecule has 0 fully saturated rings. The van der Waals surface area contributed by atoms with Crippen LogP contribution in [0, 0.1) is 0 Å². The Morgan fingerprint density at radius 2 is 2.06 bits per heavy atom. The summed E-state index contributed by atoms with van der Waals surface area (Å²) in [6, 6.07) is 6.42. The molecule has 0 radical (unpaired) electrons. The largest absolute Gasteiger partial charge is 0.495 e. The molecule has 0 atom stereocenters. The third-order valence-corrected chi connectivity index (χ3v) is 1.78. The van der Waals surface area contributed by atoms with Crippen molar-refractivity contribution in [2.45, 2.75) is 0 Å². The molecule has 1 rings (SSSR count). The number of hydrogen-bond acceptors (Lipinski definition) is 3. The van der Waals surface area contributed by atoms with Crippen LogP contribution in [0.2, 0.25) is 0 Å². The van der Waals surface area contributed by atoms with Gasteiger partial charge in [-0.25, -0.2) is 4.79 Å². The van der Waals surface area contributed by atoms with E-state index < -0.39 is 11.9 Å². The monoisotopic (exact) mass is 223 g/mol. The van der Waals surface area contributed by atoms with Crippen LogP contribution in [0.3, 0.4) is 0 Å². The maximum atomic E-state index is 11.3. The van der Waals surface area contributed by atoms with Gasteiger partial charge < -0.3 is 21.1 Å². The molecule has 86 valence electrons. The van der Waals surface area contributed by atoms with E-state index in [0.29, 0.717) is 11.4 Å². The first-order valence-corrected chi connectivity index (χ1v) is 4.59. The van der Waals surface area contributed by atoms with Crippen molar-refractivity contribution >= 4 is 17.6 Å². The summed E-state index contributed by atoms with van der Waals surface area (Å²) in [5.41, 5.74) is 5.40. The highest BCUT2D eigenvalue weighted by molar-refractivity contribution is 5.93. The fourth-order valence-corrected chi connectivity index (χ4v) is 1.08. The van der Waals surface area contributed by atoms with Gasteiger partial charge in [-0.15, -0.1) is 0 Å². The molecule has 0 bridgehead atoms. The summed E-state index contributed by atoms with van der Waals surface area (Å²) in [4.78, 5) is 21.7. The molecule has 1 aromatic carbocycles. The van der Waals surface area contributed by atoms with E-state index in [1.54, 1.807) is 24.3 Å². The maximum Gasteiger partial charge on any atom is 0.319 e. The first kappa shape index (κ1) is 11.8. The summed E-state index contributed by atoms with van der Waals surface area (Å²) in [6.45, 7) is -0.207. The van der Waals surface area contributed by atoms with E-state index in [1.165, 1.54) is 7.11 Å². The molecule has 3 amide bonds. The van der Waals surface area contributed by atoms with E-state index >= 15 is 0 Å². The van der Waals surface area contributed by atoms with E-state index in [9.17, 15) is 9.59 Å². The number of urea groups is 1. The van der Waals surface area contributed by atoms with Crippen LogP contribution in [0.1, 0.15) is 0 Å². The second kappa shape index (κ2) is 5.59. The van der Waals surface area contributed by atoms with Crippen LogP contribution >= 0.6 is 0 Å². The topological polar surface area (TPSA) is 93.4 Å². The third-order valence-electron chi connectivity index (χ3n) is 1.78. The predicted molar refractivity (Wildman–Crippen MR) is 59.2 cm³/mol. The minimum absolute atomic E-state index is 0.207. The first-order chi connectivity index (χ1) is 7.63. The van der Waals surface area contributed by atoms with Crippen LogP contribution in [-0.4, -0.2) is 25.6 Å². The lowest BCUT2D eigenvalue weighted by atomic mass is 10.3. The average molecular weight is 223 g/mol. The normalized spacial score (nSPS) is 9.31. The molecule has 1 aromatic rings. The molecular formula is C10H13N3O3. The number of methoxy groups -OCH3 is 1. The number of nitrogens with one attached hydrogen (secondary N) is 2. The average Bonchev–Trinajstić information content (AvgIpc) is 2.27. The molecule has 0 saturated heterocycles. The summed E-state index contributed by atoms with van der Waals surface area (Å²) in [5.74, 6) is -0.0631. The number of hydrogen-bond donors (Lipinski definition) is 3. The van der Waals surface area contributed by atoms with Crippen LogP contribution in [0.4, 0.5) is 10.5 Å². The van der Waals surface area contributed by atoms with Crippen molar-refractivity contribution in [3.8, 4) is 5.75 Å². The van der Waals surface area contributed by atoms with Crippen LogP contribution in [-0.2, 0) is 4.79 Å². The van der Waals surface area contributed by atoms with Crippen molar-refractivity contribution < 1.29 is 14.3 Å². The van der Waals surface area contributed by atoms with Gasteiger partial charge in [-0.3, -0.25) is 4.79 Å². The Balaban J connectivity index is 2.58. The number of benzene rings is 1. The molecule has 0 heterocycles. The van der Waals surface area contributed by atoms with Crippen molar-refractivity contribution in [2.75, 3.05) is 19.0 Å². The highest BCUT2D eigenvalue weighted by atomic mass is 16.5. The zero-order valence-corrected chi connectivity index (χ0v) is 8.82. The SMILES string of the molecule is COc1ccccc1NC(=O)NCC(N)=O. The second-order valence-corrected chi connectivity index (χ2v) is 2.97. The zero-order chi connectivity index (χ0) is 12.0. The molecule has 0 saturated carbocycles. The van der Waals surface area contributed by atoms with E-state index in [1.807, 2.05) is 0 Å². The number of para-hydroxylation sites is 2. The summed E-state index contributed by atoms with van der Waals surface area (Å²) >= 11 is 0. The number of anilines is 1. The standard InChI is InChI=1S/C10H13N3O3/c1-16-8-5-3-2-4-7(8)13-10(15)12-6-9(11)14/h2-5H,6H2,1H3,(H2,11,14)(H2,12,13,15). The van der Waals surface area contributed by atoms with Crippen molar-refractivity contribution in [1.82, 2.24) is 5.32 Å². The summed E-state index contributed by atoms with van der Waals surface area (Å²) in [7, 11) is 1.50. The Bertz CT molecular complexity index is 393. The quantitative estimate of drug-likeness (QED) is 0.685. The van der Waals surface area contributed by atoms with Gasteiger partial charge in [0.1, 0.15) is 5.75 Å². The minimum Gasteiger partial charge on any atom is -0.495 e. The fraction of sp³-hybridized carbons (Fsp3) is 0.200. The van der Waals surface area contributed by atoms with Crippen molar-refractivity contribution in [3.63, 3.8) is 0 Å². The van der Waals surface area contributed by atoms with E-state index in [4.69, 9.17) is 10.5 Å². The van der Waals surface area contributed by atoms with Crippen LogP contribution in [0.15, 0.2) is 24.3 Å². The van der Waals surface area contributed by atoms with Gasteiger partial charge >= 0.3 is 6.03 Å². The van der Waals surface area contributed by atoms with Gasteiger partial charge in [0.2, 0.25) is 5.91 Å². The first-order valence-electron chi connectivity index (χ1n) is 4.59. The van der Waals surface area contributed by atoms with Crippen molar-refractivity contribution in [3.05, 3.63) is 24.3 Å². The third kappa shape index (κ3) is 3.49. The van der Waals surface area contributed by atoms with Gasteiger partial charge in [-0.05, 0) is 12.1 Å². The fourth-order valence-electron chi connectivity index (χ4n) is 1.08. The molecule has 0 aliphatic carbocycles.